The van der Waals surface area contributed by atoms with Gasteiger partial charge in [0.05, 0.1) is 0 Å². The van der Waals surface area contributed by atoms with E-state index in [1.165, 1.54) is 16.7 Å². The Kier molecular flexibility index (Phi) is 2.40. The predicted octanol–water partition coefficient (Wildman–Crippen LogP) is 3.01. The SMILES string of the molecule is Cc1ccccc1C1=CCCC(N)=C1. The Labute approximate surface area is 84.9 Å². The number of aryl methyl sites for hydroxylation is 1. The lowest BCUT2D eigenvalue weighted by molar-refractivity contribution is 0.948. The topological polar surface area (TPSA) is 26.0 Å². The third-order valence-corrected chi connectivity index (χ3v) is 2.59. The molecule has 0 saturated carbocycles. The molecule has 1 heteroatoms. The van der Waals surface area contributed by atoms with Gasteiger partial charge in [0.1, 0.15) is 0 Å². The molecule has 14 heavy (non-hydrogen) atoms. The molecule has 1 aliphatic rings. The monoisotopic (exact) mass is 185 g/mol. The molecule has 0 spiro atoms. The lowest BCUT2D eigenvalue weighted by atomic mass is 9.95. The Balaban J connectivity index is 2.41. The molecule has 0 fully saturated rings. The average Bonchev–Trinajstić information content (AvgIpc) is 2.18. The number of nitrogens with two attached hydrogens (primary N) is 1. The first-order valence-corrected chi connectivity index (χ1v) is 4.99. The standard InChI is InChI=1S/C13H15N/c1-10-5-2-3-8-13(10)11-6-4-7-12(14)9-11/h2-3,5-6,8-9H,4,7,14H2,1H3. The Morgan fingerprint density at radius 3 is 2.71 bits per heavy atom. The van der Waals surface area contributed by atoms with Gasteiger partial charge < -0.3 is 5.73 Å². The van der Waals surface area contributed by atoms with Gasteiger partial charge in [0, 0.05) is 5.70 Å². The summed E-state index contributed by atoms with van der Waals surface area (Å²) in [4.78, 5) is 0. The van der Waals surface area contributed by atoms with E-state index in [-0.39, 0.29) is 0 Å². The first-order valence-electron chi connectivity index (χ1n) is 4.99. The second-order valence-corrected chi connectivity index (χ2v) is 3.73. The molecule has 0 unspecified atom stereocenters. The quantitative estimate of drug-likeness (QED) is 0.715. The zero-order chi connectivity index (χ0) is 9.97. The van der Waals surface area contributed by atoms with Gasteiger partial charge in [-0.1, -0.05) is 30.3 Å². The van der Waals surface area contributed by atoms with Crippen molar-refractivity contribution in [1.29, 1.82) is 0 Å². The summed E-state index contributed by atoms with van der Waals surface area (Å²) in [5.74, 6) is 0. The predicted molar refractivity (Wildman–Crippen MR) is 60.7 cm³/mol. The molecule has 1 nitrogen and oxygen atoms in total. The maximum absolute atomic E-state index is 5.83. The van der Waals surface area contributed by atoms with Gasteiger partial charge in [-0.25, -0.2) is 0 Å². The lowest BCUT2D eigenvalue weighted by Crippen LogP contribution is -2.01. The summed E-state index contributed by atoms with van der Waals surface area (Å²) in [6.07, 6.45) is 6.41. The van der Waals surface area contributed by atoms with Crippen LogP contribution in [-0.4, -0.2) is 0 Å². The number of benzene rings is 1. The van der Waals surface area contributed by atoms with Crippen molar-refractivity contribution in [1.82, 2.24) is 0 Å². The van der Waals surface area contributed by atoms with Crippen molar-refractivity contribution in [3.05, 3.63) is 53.2 Å². The van der Waals surface area contributed by atoms with Crippen molar-refractivity contribution in [3.63, 3.8) is 0 Å². The van der Waals surface area contributed by atoms with Crippen LogP contribution in [0.1, 0.15) is 24.0 Å². The molecule has 2 rings (SSSR count). The van der Waals surface area contributed by atoms with E-state index in [0.29, 0.717) is 0 Å². The maximum atomic E-state index is 5.83. The number of hydrogen-bond donors (Lipinski definition) is 1. The van der Waals surface area contributed by atoms with Crippen LogP contribution in [0.25, 0.3) is 5.57 Å². The minimum absolute atomic E-state index is 0.991. The Bertz CT molecular complexity index is 399. The zero-order valence-corrected chi connectivity index (χ0v) is 8.46. The summed E-state index contributed by atoms with van der Waals surface area (Å²) >= 11 is 0. The summed E-state index contributed by atoms with van der Waals surface area (Å²) in [7, 11) is 0. The molecule has 0 saturated heterocycles. The summed E-state index contributed by atoms with van der Waals surface area (Å²) < 4.78 is 0. The van der Waals surface area contributed by atoms with E-state index in [0.717, 1.165) is 18.5 Å². The molecule has 2 N–H and O–H groups in total. The summed E-state index contributed by atoms with van der Waals surface area (Å²) in [5.41, 5.74) is 10.7. The molecule has 0 amide bonds. The molecule has 0 atom stereocenters. The van der Waals surface area contributed by atoms with Crippen molar-refractivity contribution in [3.8, 4) is 0 Å². The van der Waals surface area contributed by atoms with E-state index in [4.69, 9.17) is 5.73 Å². The van der Waals surface area contributed by atoms with E-state index in [1.54, 1.807) is 0 Å². The normalized spacial score (nSPS) is 16.1. The molecule has 1 aromatic carbocycles. The van der Waals surface area contributed by atoms with E-state index >= 15 is 0 Å². The highest BCUT2D eigenvalue weighted by Gasteiger charge is 2.06. The fourth-order valence-electron chi connectivity index (χ4n) is 1.81. The minimum Gasteiger partial charge on any atom is -0.402 e. The first-order chi connectivity index (χ1) is 6.77. The first kappa shape index (κ1) is 9.07. The second kappa shape index (κ2) is 3.70. The highest BCUT2D eigenvalue weighted by molar-refractivity contribution is 5.77. The largest absolute Gasteiger partial charge is 0.402 e. The molecule has 0 aromatic heterocycles. The van der Waals surface area contributed by atoms with Gasteiger partial charge in [0.25, 0.3) is 0 Å². The van der Waals surface area contributed by atoms with Crippen LogP contribution in [-0.2, 0) is 0 Å². The van der Waals surface area contributed by atoms with Crippen LogP contribution in [0.4, 0.5) is 0 Å². The fraction of sp³-hybridized carbons (Fsp3) is 0.231. The van der Waals surface area contributed by atoms with Gasteiger partial charge in [0.15, 0.2) is 0 Å². The van der Waals surface area contributed by atoms with Crippen molar-refractivity contribution < 1.29 is 0 Å². The Hall–Kier alpha value is -1.50. The van der Waals surface area contributed by atoms with Gasteiger partial charge in [0.2, 0.25) is 0 Å². The van der Waals surface area contributed by atoms with Crippen molar-refractivity contribution in [2.75, 3.05) is 0 Å². The van der Waals surface area contributed by atoms with Crippen LogP contribution >= 0.6 is 0 Å². The van der Waals surface area contributed by atoms with E-state index in [2.05, 4.69) is 43.3 Å². The molecule has 0 heterocycles. The van der Waals surface area contributed by atoms with Crippen LogP contribution < -0.4 is 5.73 Å². The van der Waals surface area contributed by atoms with Gasteiger partial charge >= 0.3 is 0 Å². The molecule has 0 aliphatic heterocycles. The molecular formula is C13H15N. The van der Waals surface area contributed by atoms with Gasteiger partial charge in [-0.05, 0) is 42.5 Å². The van der Waals surface area contributed by atoms with E-state index in [9.17, 15) is 0 Å². The lowest BCUT2D eigenvalue weighted by Gasteiger charge is -2.12. The van der Waals surface area contributed by atoms with Gasteiger partial charge in [-0.2, -0.15) is 0 Å². The number of hydrogen-bond acceptors (Lipinski definition) is 1. The average molecular weight is 185 g/mol. The van der Waals surface area contributed by atoms with Crippen LogP contribution in [0.15, 0.2) is 42.1 Å². The summed E-state index contributed by atoms with van der Waals surface area (Å²) in [6, 6.07) is 8.42. The number of allylic oxidation sites excluding steroid dienone is 4. The van der Waals surface area contributed by atoms with Crippen molar-refractivity contribution in [2.24, 2.45) is 5.73 Å². The van der Waals surface area contributed by atoms with Gasteiger partial charge in [-0.15, -0.1) is 0 Å². The molecule has 72 valence electrons. The highest BCUT2D eigenvalue weighted by atomic mass is 14.6. The molecule has 0 bridgehead atoms. The van der Waals surface area contributed by atoms with Gasteiger partial charge in [-0.3, -0.25) is 0 Å². The van der Waals surface area contributed by atoms with Crippen LogP contribution in [0.2, 0.25) is 0 Å². The zero-order valence-electron chi connectivity index (χ0n) is 8.46. The van der Waals surface area contributed by atoms with Crippen molar-refractivity contribution in [2.45, 2.75) is 19.8 Å². The third-order valence-electron chi connectivity index (χ3n) is 2.59. The smallest absolute Gasteiger partial charge is 0.00896 e. The van der Waals surface area contributed by atoms with Crippen LogP contribution in [0.5, 0.6) is 0 Å². The molecule has 1 aromatic rings. The molecule has 0 radical (unpaired) electrons. The summed E-state index contributed by atoms with van der Waals surface area (Å²) in [6.45, 7) is 2.13. The third kappa shape index (κ3) is 1.72. The van der Waals surface area contributed by atoms with E-state index < -0.39 is 0 Å². The molecule has 1 aliphatic carbocycles. The fourth-order valence-corrected chi connectivity index (χ4v) is 1.81. The Morgan fingerprint density at radius 1 is 1.21 bits per heavy atom. The molecular weight excluding hydrogens is 170 g/mol. The second-order valence-electron chi connectivity index (χ2n) is 3.73. The van der Waals surface area contributed by atoms with Crippen LogP contribution in [0, 0.1) is 6.92 Å². The minimum atomic E-state index is 0.991. The maximum Gasteiger partial charge on any atom is 0.00896 e. The van der Waals surface area contributed by atoms with Crippen LogP contribution in [0.3, 0.4) is 0 Å². The Morgan fingerprint density at radius 2 is 2.00 bits per heavy atom. The number of rotatable bonds is 1. The highest BCUT2D eigenvalue weighted by Crippen LogP contribution is 2.25. The summed E-state index contributed by atoms with van der Waals surface area (Å²) in [5, 5.41) is 0. The van der Waals surface area contributed by atoms with E-state index in [1.807, 2.05) is 0 Å². The van der Waals surface area contributed by atoms with Crippen molar-refractivity contribution >= 4 is 5.57 Å².